The Morgan fingerprint density at radius 3 is 2.82 bits per heavy atom. The summed E-state index contributed by atoms with van der Waals surface area (Å²) in [6, 6.07) is 9.92. The quantitative estimate of drug-likeness (QED) is 0.755. The van der Waals surface area contributed by atoms with Crippen LogP contribution < -0.4 is 10.6 Å². The highest BCUT2D eigenvalue weighted by molar-refractivity contribution is 5.96. The number of nitrogens with zero attached hydrogens (tertiary/aromatic N) is 4. The van der Waals surface area contributed by atoms with E-state index in [-0.39, 0.29) is 11.7 Å². The van der Waals surface area contributed by atoms with Crippen LogP contribution in [0, 0.1) is 0 Å². The number of nitrogens with two attached hydrogens (primary N) is 1. The predicted molar refractivity (Wildman–Crippen MR) is 105 cm³/mol. The molecule has 3 heterocycles. The van der Waals surface area contributed by atoms with Crippen LogP contribution in [0.3, 0.4) is 0 Å². The summed E-state index contributed by atoms with van der Waals surface area (Å²) in [6.45, 7) is 0. The SMILES string of the molecule is CN1C(=O)CCc2cc(-c3cncc(Cc4ccnc(C(N)=O)n4)c3)ccc21. The molecular formula is C21H19N5O2. The molecule has 0 radical (unpaired) electrons. The first-order valence-corrected chi connectivity index (χ1v) is 8.97. The van der Waals surface area contributed by atoms with E-state index in [1.54, 1.807) is 17.2 Å². The normalized spacial score (nSPS) is 13.3. The zero-order chi connectivity index (χ0) is 19.7. The van der Waals surface area contributed by atoms with Gasteiger partial charge in [0.2, 0.25) is 11.7 Å². The molecule has 0 bridgehead atoms. The highest BCUT2D eigenvalue weighted by Crippen LogP contribution is 2.31. The first-order chi connectivity index (χ1) is 13.5. The molecule has 2 N–H and O–H groups in total. The van der Waals surface area contributed by atoms with Crippen molar-refractivity contribution in [1.29, 1.82) is 0 Å². The second-order valence-electron chi connectivity index (χ2n) is 6.79. The third kappa shape index (κ3) is 3.46. The maximum absolute atomic E-state index is 11.9. The number of hydrogen-bond acceptors (Lipinski definition) is 5. The standard InChI is InChI=1S/C21H19N5O2/c1-26-18-4-2-14(10-15(18)3-5-19(26)27)16-8-13(11-23-12-16)9-17-6-7-24-21(25-17)20(22)28/h2,4,6-8,10-12H,3,5,9H2,1H3,(H2,22,28). The molecule has 1 aromatic carbocycles. The van der Waals surface area contributed by atoms with Crippen molar-refractivity contribution in [3.63, 3.8) is 0 Å². The van der Waals surface area contributed by atoms with Gasteiger partial charge < -0.3 is 10.6 Å². The Bertz CT molecular complexity index is 1080. The van der Waals surface area contributed by atoms with Gasteiger partial charge in [0.15, 0.2) is 0 Å². The molecule has 1 aliphatic heterocycles. The van der Waals surface area contributed by atoms with E-state index in [1.807, 2.05) is 25.4 Å². The van der Waals surface area contributed by atoms with E-state index < -0.39 is 5.91 Å². The molecule has 140 valence electrons. The summed E-state index contributed by atoms with van der Waals surface area (Å²) in [4.78, 5) is 37.3. The molecule has 7 nitrogen and oxygen atoms in total. The summed E-state index contributed by atoms with van der Waals surface area (Å²) in [5.74, 6) is -0.495. The molecule has 1 aliphatic rings. The van der Waals surface area contributed by atoms with Gasteiger partial charge >= 0.3 is 0 Å². The van der Waals surface area contributed by atoms with Crippen LogP contribution in [0.1, 0.15) is 33.9 Å². The number of rotatable bonds is 4. The molecule has 7 heteroatoms. The van der Waals surface area contributed by atoms with Gasteiger partial charge in [0.1, 0.15) is 0 Å². The lowest BCUT2D eigenvalue weighted by Gasteiger charge is -2.26. The van der Waals surface area contributed by atoms with E-state index in [4.69, 9.17) is 5.73 Å². The number of pyridine rings is 1. The zero-order valence-corrected chi connectivity index (χ0v) is 15.4. The van der Waals surface area contributed by atoms with Gasteiger partial charge in [-0.15, -0.1) is 0 Å². The third-order valence-corrected chi connectivity index (χ3v) is 4.87. The van der Waals surface area contributed by atoms with Crippen LogP contribution in [0.5, 0.6) is 0 Å². The summed E-state index contributed by atoms with van der Waals surface area (Å²) in [5.41, 5.74) is 11.1. The van der Waals surface area contributed by atoms with Crippen LogP contribution in [0.4, 0.5) is 5.69 Å². The van der Waals surface area contributed by atoms with Gasteiger partial charge in [0.05, 0.1) is 0 Å². The Morgan fingerprint density at radius 1 is 1.14 bits per heavy atom. The lowest BCUT2D eigenvalue weighted by Crippen LogP contribution is -2.30. The molecule has 0 saturated carbocycles. The van der Waals surface area contributed by atoms with Crippen molar-refractivity contribution in [2.75, 3.05) is 11.9 Å². The number of benzene rings is 1. The molecule has 2 aromatic heterocycles. The van der Waals surface area contributed by atoms with Gasteiger partial charge in [0, 0.05) is 55.4 Å². The highest BCUT2D eigenvalue weighted by Gasteiger charge is 2.21. The largest absolute Gasteiger partial charge is 0.363 e. The number of carbonyl (C=O) groups excluding carboxylic acids is 2. The monoisotopic (exact) mass is 373 g/mol. The maximum Gasteiger partial charge on any atom is 0.286 e. The van der Waals surface area contributed by atoms with Crippen molar-refractivity contribution in [3.8, 4) is 11.1 Å². The second-order valence-corrected chi connectivity index (χ2v) is 6.79. The molecule has 0 unspecified atom stereocenters. The van der Waals surface area contributed by atoms with Crippen molar-refractivity contribution in [2.24, 2.45) is 5.73 Å². The fraction of sp³-hybridized carbons (Fsp3) is 0.190. The van der Waals surface area contributed by atoms with Gasteiger partial charge in [-0.2, -0.15) is 0 Å². The summed E-state index contributed by atoms with van der Waals surface area (Å²) in [5, 5.41) is 0. The number of anilines is 1. The summed E-state index contributed by atoms with van der Waals surface area (Å²) >= 11 is 0. The van der Waals surface area contributed by atoms with Crippen molar-refractivity contribution in [1.82, 2.24) is 15.0 Å². The molecule has 2 amide bonds. The third-order valence-electron chi connectivity index (χ3n) is 4.87. The van der Waals surface area contributed by atoms with E-state index in [0.29, 0.717) is 18.5 Å². The molecule has 0 spiro atoms. The van der Waals surface area contributed by atoms with Crippen molar-refractivity contribution < 1.29 is 9.59 Å². The van der Waals surface area contributed by atoms with Crippen LogP contribution in [-0.2, 0) is 17.6 Å². The number of hydrogen-bond donors (Lipinski definition) is 1. The lowest BCUT2D eigenvalue weighted by atomic mass is 9.96. The maximum atomic E-state index is 11.9. The zero-order valence-electron chi connectivity index (χ0n) is 15.4. The molecule has 0 fully saturated rings. The topological polar surface area (TPSA) is 102 Å². The summed E-state index contributed by atoms with van der Waals surface area (Å²) in [7, 11) is 1.81. The average molecular weight is 373 g/mol. The summed E-state index contributed by atoms with van der Waals surface area (Å²) < 4.78 is 0. The first-order valence-electron chi connectivity index (χ1n) is 8.97. The second kappa shape index (κ2) is 7.19. The van der Waals surface area contributed by atoms with Crippen LogP contribution in [0.2, 0.25) is 0 Å². The minimum Gasteiger partial charge on any atom is -0.363 e. The van der Waals surface area contributed by atoms with E-state index in [9.17, 15) is 9.59 Å². The molecular weight excluding hydrogens is 354 g/mol. The lowest BCUT2D eigenvalue weighted by molar-refractivity contribution is -0.118. The van der Waals surface area contributed by atoms with E-state index in [1.165, 1.54) is 6.20 Å². The Labute approximate surface area is 162 Å². The number of primary amides is 1. The highest BCUT2D eigenvalue weighted by atomic mass is 16.2. The predicted octanol–water partition coefficient (Wildman–Crippen LogP) is 2.14. The van der Waals surface area contributed by atoms with Gasteiger partial charge in [0.25, 0.3) is 5.91 Å². The smallest absolute Gasteiger partial charge is 0.286 e. The van der Waals surface area contributed by atoms with E-state index in [2.05, 4.69) is 27.1 Å². The fourth-order valence-corrected chi connectivity index (χ4v) is 3.40. The number of carbonyl (C=O) groups is 2. The van der Waals surface area contributed by atoms with Crippen LogP contribution in [-0.4, -0.2) is 33.8 Å². The van der Waals surface area contributed by atoms with Gasteiger partial charge in [-0.1, -0.05) is 6.07 Å². The van der Waals surface area contributed by atoms with Crippen molar-refractivity contribution >= 4 is 17.5 Å². The number of aromatic nitrogens is 3. The van der Waals surface area contributed by atoms with Crippen molar-refractivity contribution in [3.05, 3.63) is 71.6 Å². The van der Waals surface area contributed by atoms with Crippen LogP contribution >= 0.6 is 0 Å². The molecule has 0 saturated heterocycles. The van der Waals surface area contributed by atoms with Gasteiger partial charge in [-0.3, -0.25) is 14.6 Å². The molecule has 0 aliphatic carbocycles. The van der Waals surface area contributed by atoms with Gasteiger partial charge in [-0.25, -0.2) is 9.97 Å². The minimum absolute atomic E-state index is 0.00923. The summed E-state index contributed by atoms with van der Waals surface area (Å²) in [6.07, 6.45) is 6.92. The first kappa shape index (κ1) is 17.8. The number of amides is 2. The van der Waals surface area contributed by atoms with E-state index in [0.717, 1.165) is 34.4 Å². The van der Waals surface area contributed by atoms with Crippen LogP contribution in [0.15, 0.2) is 48.9 Å². The Morgan fingerprint density at radius 2 is 2.00 bits per heavy atom. The Hall–Kier alpha value is -3.61. The Kier molecular flexibility index (Phi) is 4.57. The number of aryl methyl sites for hydroxylation is 1. The van der Waals surface area contributed by atoms with Crippen molar-refractivity contribution in [2.45, 2.75) is 19.3 Å². The van der Waals surface area contributed by atoms with E-state index >= 15 is 0 Å². The molecule has 0 atom stereocenters. The molecule has 28 heavy (non-hydrogen) atoms. The van der Waals surface area contributed by atoms with Crippen LogP contribution in [0.25, 0.3) is 11.1 Å². The molecule has 3 aromatic rings. The molecule has 4 rings (SSSR count). The fourth-order valence-electron chi connectivity index (χ4n) is 3.40. The van der Waals surface area contributed by atoms with Gasteiger partial charge in [-0.05, 0) is 47.4 Å². The average Bonchev–Trinajstić information content (AvgIpc) is 2.71. The number of fused-ring (bicyclic) bond motifs is 1. The minimum atomic E-state index is -0.647. The Balaban J connectivity index is 1.62.